The van der Waals surface area contributed by atoms with Gasteiger partial charge in [0.05, 0.1) is 25.9 Å². The molecule has 0 aromatic rings. The van der Waals surface area contributed by atoms with Crippen molar-refractivity contribution in [2.24, 2.45) is 0 Å². The third-order valence-electron chi connectivity index (χ3n) is 3.18. The molecule has 1 fully saturated rings. The summed E-state index contributed by atoms with van der Waals surface area (Å²) in [5, 5.41) is 0. The first-order chi connectivity index (χ1) is 8.64. The Kier molecular flexibility index (Phi) is 8.09. The van der Waals surface area contributed by atoms with Gasteiger partial charge in [0, 0.05) is 20.3 Å². The maximum atomic E-state index is 6.07. The Morgan fingerprint density at radius 2 is 2.06 bits per heavy atom. The summed E-state index contributed by atoms with van der Waals surface area (Å²) in [6.07, 6.45) is 3.76. The van der Waals surface area contributed by atoms with Gasteiger partial charge in [0.1, 0.15) is 0 Å². The fourth-order valence-electron chi connectivity index (χ4n) is 2.01. The monoisotopic (exact) mass is 276 g/mol. The van der Waals surface area contributed by atoms with Crippen LogP contribution >= 0.6 is 0 Å². The second-order valence-corrected chi connectivity index (χ2v) is 9.72. The van der Waals surface area contributed by atoms with Crippen molar-refractivity contribution in [2.45, 2.75) is 44.5 Å². The van der Waals surface area contributed by atoms with Crippen molar-refractivity contribution in [3.8, 4) is 0 Å². The molecule has 0 saturated carbocycles. The van der Waals surface area contributed by atoms with Gasteiger partial charge in [-0.3, -0.25) is 0 Å². The highest BCUT2D eigenvalue weighted by atomic mass is 28.4. The normalized spacial score (nSPS) is 20.5. The molecule has 1 atom stereocenters. The summed E-state index contributed by atoms with van der Waals surface area (Å²) in [5.41, 5.74) is 0. The number of rotatable bonds is 10. The predicted octanol–water partition coefficient (Wildman–Crippen LogP) is 2.44. The molecular weight excluding hydrogens is 248 g/mol. The largest absolute Gasteiger partial charge is 0.415 e. The van der Waals surface area contributed by atoms with E-state index >= 15 is 0 Å². The third-order valence-corrected chi connectivity index (χ3v) is 5.69. The van der Waals surface area contributed by atoms with Crippen LogP contribution in [0.1, 0.15) is 19.3 Å². The molecule has 5 heteroatoms. The molecule has 0 aromatic heterocycles. The van der Waals surface area contributed by atoms with Crippen LogP contribution in [0.3, 0.4) is 0 Å². The van der Waals surface area contributed by atoms with Crippen molar-refractivity contribution in [2.75, 3.05) is 40.1 Å². The molecule has 0 radical (unpaired) electrons. The summed E-state index contributed by atoms with van der Waals surface area (Å²) in [7, 11) is 0.162. The quantitative estimate of drug-likeness (QED) is 0.454. The van der Waals surface area contributed by atoms with E-state index in [4.69, 9.17) is 18.6 Å². The molecule has 18 heavy (non-hydrogen) atoms. The maximum Gasteiger partial charge on any atom is 0.186 e. The topological polar surface area (TPSA) is 36.9 Å². The predicted molar refractivity (Wildman–Crippen MR) is 74.5 cm³/mol. The van der Waals surface area contributed by atoms with Crippen molar-refractivity contribution in [1.29, 1.82) is 0 Å². The molecule has 0 bridgehead atoms. The summed E-state index contributed by atoms with van der Waals surface area (Å²) in [5.74, 6) is 0. The minimum Gasteiger partial charge on any atom is -0.415 e. The molecule has 4 nitrogen and oxygen atoms in total. The Balaban J connectivity index is 1.99. The highest BCUT2D eigenvalue weighted by Gasteiger charge is 2.25. The number of hydrogen-bond acceptors (Lipinski definition) is 4. The molecule has 1 saturated heterocycles. The van der Waals surface area contributed by atoms with Crippen LogP contribution in [0.15, 0.2) is 0 Å². The van der Waals surface area contributed by atoms with Gasteiger partial charge in [0.25, 0.3) is 0 Å². The van der Waals surface area contributed by atoms with E-state index in [-0.39, 0.29) is 0 Å². The van der Waals surface area contributed by atoms with Gasteiger partial charge >= 0.3 is 0 Å². The van der Waals surface area contributed by atoms with Crippen LogP contribution in [0.2, 0.25) is 19.1 Å². The lowest BCUT2D eigenvalue weighted by Gasteiger charge is -2.24. The SMILES string of the molecule is COCCOCCC[Si](C)(C)OCC1CCCO1. The van der Waals surface area contributed by atoms with Gasteiger partial charge in [0.2, 0.25) is 0 Å². The van der Waals surface area contributed by atoms with Crippen LogP contribution in [0.25, 0.3) is 0 Å². The fourth-order valence-corrected chi connectivity index (χ4v) is 3.79. The minimum absolute atomic E-state index is 0.342. The molecule has 0 spiro atoms. The van der Waals surface area contributed by atoms with E-state index in [0.717, 1.165) is 38.7 Å². The van der Waals surface area contributed by atoms with Crippen molar-refractivity contribution < 1.29 is 18.6 Å². The van der Waals surface area contributed by atoms with Gasteiger partial charge in [-0.25, -0.2) is 0 Å². The van der Waals surface area contributed by atoms with E-state index in [1.807, 2.05) is 0 Å². The average molecular weight is 276 g/mol. The van der Waals surface area contributed by atoms with Crippen LogP contribution in [0.4, 0.5) is 0 Å². The Hall–Kier alpha value is 0.0569. The molecule has 0 aliphatic carbocycles. The molecule has 1 rings (SSSR count). The van der Waals surface area contributed by atoms with E-state index < -0.39 is 8.32 Å². The summed E-state index contributed by atoms with van der Waals surface area (Å²) in [6.45, 7) is 8.41. The number of hydrogen-bond donors (Lipinski definition) is 0. The Morgan fingerprint density at radius 3 is 2.72 bits per heavy atom. The zero-order valence-corrected chi connectivity index (χ0v) is 13.1. The first-order valence-corrected chi connectivity index (χ1v) is 10.1. The van der Waals surface area contributed by atoms with Gasteiger partial charge in [-0.05, 0) is 38.4 Å². The average Bonchev–Trinajstić information content (AvgIpc) is 2.84. The lowest BCUT2D eigenvalue weighted by molar-refractivity contribution is 0.0624. The van der Waals surface area contributed by atoms with Crippen molar-refractivity contribution in [3.05, 3.63) is 0 Å². The van der Waals surface area contributed by atoms with E-state index in [1.54, 1.807) is 7.11 Å². The van der Waals surface area contributed by atoms with E-state index in [9.17, 15) is 0 Å². The fraction of sp³-hybridized carbons (Fsp3) is 1.00. The molecule has 0 amide bonds. The third kappa shape index (κ3) is 7.48. The Morgan fingerprint density at radius 1 is 1.22 bits per heavy atom. The van der Waals surface area contributed by atoms with Crippen LogP contribution in [0.5, 0.6) is 0 Å². The summed E-state index contributed by atoms with van der Waals surface area (Å²) in [4.78, 5) is 0. The van der Waals surface area contributed by atoms with E-state index in [1.165, 1.54) is 6.42 Å². The van der Waals surface area contributed by atoms with Crippen molar-refractivity contribution >= 4 is 8.32 Å². The smallest absolute Gasteiger partial charge is 0.186 e. The Labute approximate surface area is 112 Å². The van der Waals surface area contributed by atoms with Crippen LogP contribution in [-0.2, 0) is 18.6 Å². The Bertz CT molecular complexity index is 205. The lowest BCUT2D eigenvalue weighted by atomic mass is 10.2. The summed E-state index contributed by atoms with van der Waals surface area (Å²) < 4.78 is 22.0. The van der Waals surface area contributed by atoms with Gasteiger partial charge in [-0.1, -0.05) is 0 Å². The molecule has 1 heterocycles. The second kappa shape index (κ2) is 9.04. The number of methoxy groups -OCH3 is 1. The number of ether oxygens (including phenoxy) is 3. The second-order valence-electron chi connectivity index (χ2n) is 5.41. The van der Waals surface area contributed by atoms with Gasteiger partial charge in [0.15, 0.2) is 8.32 Å². The van der Waals surface area contributed by atoms with Gasteiger partial charge in [-0.2, -0.15) is 0 Å². The van der Waals surface area contributed by atoms with Crippen LogP contribution in [-0.4, -0.2) is 54.6 Å². The van der Waals surface area contributed by atoms with Crippen LogP contribution < -0.4 is 0 Å². The molecule has 1 aliphatic rings. The molecule has 0 aromatic carbocycles. The molecule has 0 N–H and O–H groups in total. The van der Waals surface area contributed by atoms with Gasteiger partial charge in [-0.15, -0.1) is 0 Å². The summed E-state index contributed by atoms with van der Waals surface area (Å²) >= 11 is 0. The zero-order chi connectivity index (χ0) is 13.3. The van der Waals surface area contributed by atoms with Crippen LogP contribution in [0, 0.1) is 0 Å². The maximum absolute atomic E-state index is 6.07. The van der Waals surface area contributed by atoms with Crippen molar-refractivity contribution in [3.63, 3.8) is 0 Å². The molecule has 1 aliphatic heterocycles. The molecule has 108 valence electrons. The standard InChI is InChI=1S/C13H28O4Si/c1-14-9-10-15-7-5-11-18(2,3)17-12-13-6-4-8-16-13/h13H,4-12H2,1-3H3. The molecular formula is C13H28O4Si. The first-order valence-electron chi connectivity index (χ1n) is 6.96. The van der Waals surface area contributed by atoms with Gasteiger partial charge < -0.3 is 18.6 Å². The highest BCUT2D eigenvalue weighted by Crippen LogP contribution is 2.18. The first kappa shape index (κ1) is 16.1. The highest BCUT2D eigenvalue weighted by molar-refractivity contribution is 6.71. The molecule has 1 unspecified atom stereocenters. The minimum atomic E-state index is -1.53. The lowest BCUT2D eigenvalue weighted by Crippen LogP contribution is -2.34. The summed E-state index contributed by atoms with van der Waals surface area (Å²) in [6, 6.07) is 1.15. The zero-order valence-electron chi connectivity index (χ0n) is 12.1. The van der Waals surface area contributed by atoms with Crippen molar-refractivity contribution in [1.82, 2.24) is 0 Å². The van der Waals surface area contributed by atoms with E-state index in [0.29, 0.717) is 19.3 Å². The van der Waals surface area contributed by atoms with E-state index in [2.05, 4.69) is 13.1 Å².